The molecule has 0 spiro atoms. The molecule has 0 bridgehead atoms. The molecule has 4 N–H and O–H groups in total. The fourth-order valence-corrected chi connectivity index (χ4v) is 8.30. The number of methoxy groups -OCH3 is 1. The Bertz CT molecular complexity index is 2200. The molecule has 6 rings (SSSR count). The molecule has 1 aliphatic heterocycles. The van der Waals surface area contributed by atoms with Crippen LogP contribution in [0.2, 0.25) is 0 Å². The summed E-state index contributed by atoms with van der Waals surface area (Å²) < 4.78 is 74.9. The molecule has 1 saturated heterocycles. The van der Waals surface area contributed by atoms with Crippen LogP contribution in [-0.2, 0) is 57.0 Å². The van der Waals surface area contributed by atoms with Crippen molar-refractivity contribution in [1.82, 2.24) is 14.4 Å². The van der Waals surface area contributed by atoms with Crippen molar-refractivity contribution in [3.8, 4) is 11.1 Å². The average molecular weight is 876 g/mol. The highest BCUT2D eigenvalue weighted by Gasteiger charge is 2.32. The van der Waals surface area contributed by atoms with E-state index in [0.29, 0.717) is 42.1 Å². The molecule has 0 radical (unpaired) electrons. The first-order valence-electron chi connectivity index (χ1n) is 19.4. The zero-order chi connectivity index (χ0) is 44.4. The van der Waals surface area contributed by atoms with Gasteiger partial charge in [0.05, 0.1) is 17.2 Å². The number of ether oxygens (including phenoxy) is 1. The van der Waals surface area contributed by atoms with E-state index in [4.69, 9.17) is 25.2 Å². The zero-order valence-corrected chi connectivity index (χ0v) is 33.9. The molecule has 12 nitrogen and oxygen atoms in total. The van der Waals surface area contributed by atoms with Crippen molar-refractivity contribution in [1.29, 1.82) is 0 Å². The van der Waals surface area contributed by atoms with Crippen LogP contribution in [0.25, 0.3) is 11.1 Å². The lowest BCUT2D eigenvalue weighted by atomic mass is 10.00. The number of hydrogen-bond donors (Lipinski definition) is 4. The Kier molecular flexibility index (Phi) is 16.2. The number of hydrogen-bond acceptors (Lipinski definition) is 9. The Morgan fingerprint density at radius 2 is 1.51 bits per heavy atom. The van der Waals surface area contributed by atoms with Gasteiger partial charge in [0, 0.05) is 68.0 Å². The van der Waals surface area contributed by atoms with Gasteiger partial charge in [-0.05, 0) is 67.0 Å². The molecule has 1 aliphatic carbocycles. The highest BCUT2D eigenvalue weighted by Crippen LogP contribution is 2.32. The van der Waals surface area contributed by atoms with Crippen molar-refractivity contribution < 1.29 is 61.5 Å². The molecule has 3 aromatic carbocycles. The number of carbonyl (C=O) groups is 3. The normalized spacial score (nSPS) is 15.3. The monoisotopic (exact) mass is 875 g/mol. The lowest BCUT2D eigenvalue weighted by molar-refractivity contribution is -0.165. The third kappa shape index (κ3) is 12.3. The van der Waals surface area contributed by atoms with Gasteiger partial charge in [0.25, 0.3) is 0 Å². The molecule has 4 aromatic rings. The van der Waals surface area contributed by atoms with Gasteiger partial charge in [0.1, 0.15) is 6.54 Å². The van der Waals surface area contributed by atoms with Gasteiger partial charge in [0.2, 0.25) is 5.91 Å². The second-order valence-corrected chi connectivity index (χ2v) is 15.6. The highest BCUT2D eigenvalue weighted by molar-refractivity contribution is 7.98. The Morgan fingerprint density at radius 1 is 0.902 bits per heavy atom. The van der Waals surface area contributed by atoms with Crippen LogP contribution >= 0.6 is 11.8 Å². The number of aliphatic carboxylic acids is 2. The van der Waals surface area contributed by atoms with E-state index in [-0.39, 0.29) is 35.2 Å². The molecule has 1 amide bonds. The molecule has 328 valence electrons. The average Bonchev–Trinajstić information content (AvgIpc) is 3.75. The van der Waals surface area contributed by atoms with E-state index in [1.165, 1.54) is 42.1 Å². The predicted molar refractivity (Wildman–Crippen MR) is 215 cm³/mol. The van der Waals surface area contributed by atoms with Gasteiger partial charge in [0.15, 0.2) is 29.3 Å². The number of halogens is 5. The molecular formula is C43H46F5N3O9S. The lowest BCUT2D eigenvalue weighted by Gasteiger charge is -2.39. The molecule has 61 heavy (non-hydrogen) atoms. The SMILES string of the molecule is COCCN1CCC(N(Cc2ccc(-c3ccc(C(F)(F)F)cc3)cc2)C(=O)Cn2c(SCc3cccc(F)c3F)cc(=O)c3c2CCC3)CC1.O=C(O)C(O)C(O)C(=O)O. The molecule has 1 fully saturated rings. The Hall–Kier alpha value is -5.14. The maximum absolute atomic E-state index is 14.5. The van der Waals surface area contributed by atoms with Crippen molar-refractivity contribution in [2.75, 3.05) is 33.4 Å². The van der Waals surface area contributed by atoms with Gasteiger partial charge in [-0.2, -0.15) is 13.2 Å². The van der Waals surface area contributed by atoms with E-state index in [2.05, 4.69) is 4.90 Å². The number of benzene rings is 3. The van der Waals surface area contributed by atoms with Gasteiger partial charge in [-0.25, -0.2) is 18.4 Å². The van der Waals surface area contributed by atoms with Crippen LogP contribution in [0.5, 0.6) is 0 Å². The minimum absolute atomic E-state index is 0.00982. The van der Waals surface area contributed by atoms with Crippen LogP contribution in [0.1, 0.15) is 47.2 Å². The van der Waals surface area contributed by atoms with Crippen molar-refractivity contribution in [2.24, 2.45) is 0 Å². The number of likely N-dealkylation sites (tertiary alicyclic amines) is 1. The molecule has 0 saturated carbocycles. The number of carboxylic acids is 2. The fourth-order valence-electron chi connectivity index (χ4n) is 7.25. The number of nitrogens with zero attached hydrogens (tertiary/aromatic N) is 3. The quantitative estimate of drug-likeness (QED) is 0.0866. The number of amides is 1. The van der Waals surface area contributed by atoms with Crippen LogP contribution in [0.15, 0.2) is 82.6 Å². The number of carbonyl (C=O) groups excluding carboxylic acids is 1. The largest absolute Gasteiger partial charge is 0.479 e. The summed E-state index contributed by atoms with van der Waals surface area (Å²) in [5.74, 6) is -5.43. The molecular weight excluding hydrogens is 830 g/mol. The first-order valence-corrected chi connectivity index (χ1v) is 20.4. The molecule has 2 aliphatic rings. The van der Waals surface area contributed by atoms with Crippen LogP contribution in [0, 0.1) is 11.6 Å². The summed E-state index contributed by atoms with van der Waals surface area (Å²) in [7, 11) is 1.67. The van der Waals surface area contributed by atoms with E-state index in [1.807, 2.05) is 33.7 Å². The summed E-state index contributed by atoms with van der Waals surface area (Å²) >= 11 is 1.21. The van der Waals surface area contributed by atoms with Gasteiger partial charge in [-0.15, -0.1) is 11.8 Å². The van der Waals surface area contributed by atoms with E-state index in [0.717, 1.165) is 73.9 Å². The summed E-state index contributed by atoms with van der Waals surface area (Å²) in [4.78, 5) is 51.3. The highest BCUT2D eigenvalue weighted by atomic mass is 32.2. The standard InChI is InChI=1S/C39H40F5N3O3S.C4H6O6/c1-50-21-20-45-18-16-31(17-19-45)46(23-26-8-10-27(11-9-26)28-12-14-30(15-13-28)39(42,43)44)36(49)24-47-34-7-3-5-32(34)35(48)22-37(47)51-25-29-4-2-6-33(40)38(29)41;5-1(3(7)8)2(6)4(9)10/h2,4,6,8-15,22,31H,3,5,7,16-21,23-25H2,1H3;1-2,5-6H,(H,7,8)(H,9,10). The Morgan fingerprint density at radius 3 is 2.08 bits per heavy atom. The van der Waals surface area contributed by atoms with Gasteiger partial charge < -0.3 is 39.5 Å². The Balaban J connectivity index is 0.000000626. The van der Waals surface area contributed by atoms with E-state index >= 15 is 0 Å². The predicted octanol–water partition coefficient (Wildman–Crippen LogP) is 5.61. The number of pyridine rings is 1. The number of thioether (sulfide) groups is 1. The number of fused-ring (bicyclic) bond motifs is 1. The topological polar surface area (TPSA) is 170 Å². The fraction of sp³-hybridized carbons (Fsp3) is 0.395. The minimum atomic E-state index is -4.41. The number of alkyl halides is 3. The van der Waals surface area contributed by atoms with Gasteiger partial charge in [-0.1, -0.05) is 48.5 Å². The number of carboxylic acid groups (broad SMARTS) is 2. The summed E-state index contributed by atoms with van der Waals surface area (Å²) in [6.45, 7) is 3.35. The molecule has 1 aromatic heterocycles. The number of aromatic nitrogens is 1. The summed E-state index contributed by atoms with van der Waals surface area (Å²) in [5, 5.41) is 33.1. The van der Waals surface area contributed by atoms with Crippen LogP contribution in [0.4, 0.5) is 22.0 Å². The van der Waals surface area contributed by atoms with Crippen LogP contribution < -0.4 is 5.43 Å². The van der Waals surface area contributed by atoms with Crippen molar-refractivity contribution in [3.05, 3.63) is 123 Å². The summed E-state index contributed by atoms with van der Waals surface area (Å²) in [6.07, 6.45) is -5.35. The third-order valence-electron chi connectivity index (χ3n) is 10.6. The van der Waals surface area contributed by atoms with Crippen molar-refractivity contribution >= 4 is 29.6 Å². The van der Waals surface area contributed by atoms with E-state index < -0.39 is 47.5 Å². The molecule has 18 heteroatoms. The lowest BCUT2D eigenvalue weighted by Crippen LogP contribution is -2.48. The van der Waals surface area contributed by atoms with Gasteiger partial charge in [-0.3, -0.25) is 9.59 Å². The van der Waals surface area contributed by atoms with Crippen LogP contribution in [0.3, 0.4) is 0 Å². The van der Waals surface area contributed by atoms with Crippen molar-refractivity contribution in [2.45, 2.75) is 80.4 Å². The second kappa shape index (κ2) is 21.1. The van der Waals surface area contributed by atoms with E-state index in [9.17, 15) is 41.1 Å². The smallest absolute Gasteiger partial charge is 0.416 e. The van der Waals surface area contributed by atoms with Crippen LogP contribution in [-0.4, -0.2) is 104 Å². The maximum Gasteiger partial charge on any atom is 0.416 e. The number of aliphatic hydroxyl groups excluding tert-OH is 2. The minimum Gasteiger partial charge on any atom is -0.479 e. The third-order valence-corrected chi connectivity index (χ3v) is 11.7. The molecule has 2 atom stereocenters. The summed E-state index contributed by atoms with van der Waals surface area (Å²) in [6, 6.07) is 18.0. The first-order chi connectivity index (χ1) is 29.0. The van der Waals surface area contributed by atoms with Crippen molar-refractivity contribution in [3.63, 3.8) is 0 Å². The second-order valence-electron chi connectivity index (χ2n) is 14.6. The number of rotatable bonds is 15. The van der Waals surface area contributed by atoms with E-state index in [1.54, 1.807) is 7.11 Å². The number of aliphatic hydroxyl groups is 2. The molecule has 2 heterocycles. The summed E-state index contributed by atoms with van der Waals surface area (Å²) in [5.41, 5.74) is 3.16. The number of piperidine rings is 1. The maximum atomic E-state index is 14.5. The first kappa shape index (κ1) is 46.9. The van der Waals surface area contributed by atoms with Gasteiger partial charge >= 0.3 is 18.1 Å². The molecule has 2 unspecified atom stereocenters. The zero-order valence-electron chi connectivity index (χ0n) is 33.1. The Labute approximate surface area is 352 Å².